The van der Waals surface area contributed by atoms with Gasteiger partial charge in [-0.3, -0.25) is 4.98 Å². The highest BCUT2D eigenvalue weighted by Gasteiger charge is 2.34. The van der Waals surface area contributed by atoms with Crippen LogP contribution in [0.5, 0.6) is 0 Å². The van der Waals surface area contributed by atoms with E-state index in [1.807, 2.05) is 6.92 Å². The van der Waals surface area contributed by atoms with Crippen molar-refractivity contribution in [1.82, 2.24) is 10.3 Å². The smallest absolute Gasteiger partial charge is 0.417 e. The third kappa shape index (κ3) is 5.54. The quantitative estimate of drug-likeness (QED) is 0.802. The van der Waals surface area contributed by atoms with Crippen LogP contribution in [0.25, 0.3) is 0 Å². The molecule has 136 valence electrons. The topological polar surface area (TPSA) is 51.2 Å². The first-order valence-corrected chi connectivity index (χ1v) is 7.86. The van der Waals surface area contributed by atoms with Crippen LogP contribution in [0.3, 0.4) is 0 Å². The Kier molecular flexibility index (Phi) is 6.14. The SMILES string of the molecule is CCC(C)(C)OC(=O)NCC(C)(C)c1ncc(C(F)(F)F)cc1Cl. The third-order valence-electron chi connectivity index (χ3n) is 3.70. The number of ether oxygens (including phenoxy) is 1. The fourth-order valence-electron chi connectivity index (χ4n) is 1.83. The number of hydrogen-bond donors (Lipinski definition) is 1. The van der Waals surface area contributed by atoms with Crippen LogP contribution >= 0.6 is 11.6 Å². The lowest BCUT2D eigenvalue weighted by atomic mass is 9.88. The Morgan fingerprint density at radius 2 is 1.88 bits per heavy atom. The first-order valence-electron chi connectivity index (χ1n) is 7.48. The van der Waals surface area contributed by atoms with Gasteiger partial charge in [-0.1, -0.05) is 32.4 Å². The summed E-state index contributed by atoms with van der Waals surface area (Å²) in [5, 5.41) is 2.50. The molecule has 1 aromatic heterocycles. The Morgan fingerprint density at radius 1 is 1.29 bits per heavy atom. The number of pyridine rings is 1. The van der Waals surface area contributed by atoms with Crippen LogP contribution < -0.4 is 5.32 Å². The molecule has 0 radical (unpaired) electrons. The minimum atomic E-state index is -4.51. The zero-order valence-electron chi connectivity index (χ0n) is 14.3. The molecule has 0 spiro atoms. The monoisotopic (exact) mass is 366 g/mol. The summed E-state index contributed by atoms with van der Waals surface area (Å²) in [4.78, 5) is 15.7. The van der Waals surface area contributed by atoms with Gasteiger partial charge >= 0.3 is 12.3 Å². The van der Waals surface area contributed by atoms with Gasteiger partial charge in [0.2, 0.25) is 0 Å². The van der Waals surface area contributed by atoms with Crippen molar-refractivity contribution in [3.63, 3.8) is 0 Å². The third-order valence-corrected chi connectivity index (χ3v) is 3.99. The molecule has 1 amide bonds. The minimum Gasteiger partial charge on any atom is -0.444 e. The van der Waals surface area contributed by atoms with Crippen molar-refractivity contribution < 1.29 is 22.7 Å². The number of rotatable bonds is 5. The Morgan fingerprint density at radius 3 is 2.33 bits per heavy atom. The molecule has 4 nitrogen and oxygen atoms in total. The predicted molar refractivity (Wildman–Crippen MR) is 86.1 cm³/mol. The molecule has 1 rings (SSSR count). The molecule has 0 aromatic carbocycles. The van der Waals surface area contributed by atoms with Gasteiger partial charge in [-0.2, -0.15) is 13.2 Å². The van der Waals surface area contributed by atoms with E-state index in [2.05, 4.69) is 10.3 Å². The molecule has 1 N–H and O–H groups in total. The molecule has 0 aliphatic rings. The molecular formula is C16H22ClF3N2O2. The number of carbonyl (C=O) groups is 1. The molecule has 0 fully saturated rings. The lowest BCUT2D eigenvalue weighted by molar-refractivity contribution is -0.137. The van der Waals surface area contributed by atoms with Gasteiger partial charge in [-0.05, 0) is 26.3 Å². The van der Waals surface area contributed by atoms with Crippen LogP contribution in [0.15, 0.2) is 12.3 Å². The molecule has 0 aliphatic heterocycles. The lowest BCUT2D eigenvalue weighted by Gasteiger charge is -2.28. The second kappa shape index (κ2) is 7.17. The molecule has 0 unspecified atom stereocenters. The fourth-order valence-corrected chi connectivity index (χ4v) is 2.25. The van der Waals surface area contributed by atoms with Gasteiger partial charge in [0.1, 0.15) is 5.60 Å². The highest BCUT2D eigenvalue weighted by Crippen LogP contribution is 2.34. The molecule has 1 aromatic rings. The minimum absolute atomic E-state index is 0.0983. The summed E-state index contributed by atoms with van der Waals surface area (Å²) in [7, 11) is 0. The number of nitrogens with zero attached hydrogens (tertiary/aromatic N) is 1. The summed E-state index contributed by atoms with van der Waals surface area (Å²) in [5.41, 5.74) is -2.01. The maximum absolute atomic E-state index is 12.7. The van der Waals surface area contributed by atoms with Crippen LogP contribution in [0.1, 0.15) is 52.3 Å². The predicted octanol–water partition coefficient (Wildman–Crippen LogP) is 4.95. The standard InChI is InChI=1S/C16H22ClF3N2O2/c1-6-15(4,5)24-13(23)22-9-14(2,3)12-11(17)7-10(8-21-12)16(18,19)20/h7-8H,6,9H2,1-5H3,(H,22,23). The van der Waals surface area contributed by atoms with E-state index in [0.29, 0.717) is 6.42 Å². The van der Waals surface area contributed by atoms with E-state index >= 15 is 0 Å². The average Bonchev–Trinajstić information content (AvgIpc) is 2.43. The summed E-state index contributed by atoms with van der Waals surface area (Å²) in [5.74, 6) is 0. The van der Waals surface area contributed by atoms with Crippen molar-refractivity contribution in [3.05, 3.63) is 28.5 Å². The first-order chi connectivity index (χ1) is 10.8. The van der Waals surface area contributed by atoms with Crippen molar-refractivity contribution in [2.24, 2.45) is 0 Å². The number of aromatic nitrogens is 1. The molecule has 0 atom stereocenters. The molecule has 8 heteroatoms. The van der Waals surface area contributed by atoms with Crippen LogP contribution in [0.2, 0.25) is 5.02 Å². The second-order valence-corrected chi connectivity index (χ2v) is 7.20. The Balaban J connectivity index is 2.84. The maximum Gasteiger partial charge on any atom is 0.417 e. The number of hydrogen-bond acceptors (Lipinski definition) is 3. The first kappa shape index (κ1) is 20.5. The summed E-state index contributed by atoms with van der Waals surface area (Å²) < 4.78 is 43.3. The zero-order chi connectivity index (χ0) is 18.8. The molecule has 0 bridgehead atoms. The maximum atomic E-state index is 12.7. The van der Waals surface area contributed by atoms with Crippen molar-refractivity contribution in [3.8, 4) is 0 Å². The Labute approximate surface area is 144 Å². The van der Waals surface area contributed by atoms with E-state index in [1.54, 1.807) is 27.7 Å². The number of halogens is 4. The molecular weight excluding hydrogens is 345 g/mol. The highest BCUT2D eigenvalue weighted by molar-refractivity contribution is 6.31. The molecule has 0 saturated heterocycles. The van der Waals surface area contributed by atoms with Gasteiger partial charge in [-0.25, -0.2) is 4.79 Å². The van der Waals surface area contributed by atoms with Gasteiger partial charge < -0.3 is 10.1 Å². The summed E-state index contributed by atoms with van der Waals surface area (Å²) >= 11 is 5.96. The molecule has 24 heavy (non-hydrogen) atoms. The fraction of sp³-hybridized carbons (Fsp3) is 0.625. The van der Waals surface area contributed by atoms with Crippen molar-refractivity contribution >= 4 is 17.7 Å². The number of carbonyl (C=O) groups excluding carboxylic acids is 1. The van der Waals surface area contributed by atoms with Gasteiger partial charge in [0, 0.05) is 18.2 Å². The largest absolute Gasteiger partial charge is 0.444 e. The number of alkyl halides is 3. The van der Waals surface area contributed by atoms with Crippen molar-refractivity contribution in [1.29, 1.82) is 0 Å². The van der Waals surface area contributed by atoms with Crippen LogP contribution in [-0.2, 0) is 16.3 Å². The van der Waals surface area contributed by atoms with Crippen LogP contribution in [-0.4, -0.2) is 23.2 Å². The van der Waals surface area contributed by atoms with E-state index in [4.69, 9.17) is 16.3 Å². The summed E-state index contributed by atoms with van der Waals surface area (Å²) in [6, 6.07) is 0.837. The normalized spacial score (nSPS) is 12.9. The molecule has 1 heterocycles. The Bertz CT molecular complexity index is 601. The van der Waals surface area contributed by atoms with Gasteiger partial charge in [0.05, 0.1) is 16.3 Å². The number of alkyl carbamates (subject to hydrolysis) is 1. The summed E-state index contributed by atoms with van der Waals surface area (Å²) in [6.07, 6.45) is -3.72. The second-order valence-electron chi connectivity index (χ2n) is 6.79. The van der Waals surface area contributed by atoms with E-state index in [1.165, 1.54) is 0 Å². The molecule has 0 saturated carbocycles. The van der Waals surface area contributed by atoms with Gasteiger partial charge in [0.15, 0.2) is 0 Å². The zero-order valence-corrected chi connectivity index (χ0v) is 15.1. The highest BCUT2D eigenvalue weighted by atomic mass is 35.5. The number of amides is 1. The van der Waals surface area contributed by atoms with E-state index in [0.717, 1.165) is 12.3 Å². The van der Waals surface area contributed by atoms with Gasteiger partial charge in [-0.15, -0.1) is 0 Å². The van der Waals surface area contributed by atoms with Gasteiger partial charge in [0.25, 0.3) is 0 Å². The van der Waals surface area contributed by atoms with E-state index < -0.39 is 28.8 Å². The Hall–Kier alpha value is -1.50. The van der Waals surface area contributed by atoms with Crippen molar-refractivity contribution in [2.75, 3.05) is 6.54 Å². The molecule has 0 aliphatic carbocycles. The van der Waals surface area contributed by atoms with Crippen molar-refractivity contribution in [2.45, 2.75) is 58.2 Å². The van der Waals surface area contributed by atoms with Crippen LogP contribution in [0.4, 0.5) is 18.0 Å². The van der Waals surface area contributed by atoms with Crippen LogP contribution in [0, 0.1) is 0 Å². The number of nitrogens with one attached hydrogen (secondary N) is 1. The lowest BCUT2D eigenvalue weighted by Crippen LogP contribution is -2.41. The average molecular weight is 367 g/mol. The summed E-state index contributed by atoms with van der Waals surface area (Å²) in [6.45, 7) is 9.02. The van der Waals surface area contributed by atoms with E-state index in [-0.39, 0.29) is 17.3 Å². The van der Waals surface area contributed by atoms with E-state index in [9.17, 15) is 18.0 Å².